The number of aromatic nitrogens is 2. The van der Waals surface area contributed by atoms with Gasteiger partial charge in [0, 0.05) is 22.7 Å². The molecule has 4 rings (SSSR count). The van der Waals surface area contributed by atoms with Crippen molar-refractivity contribution in [3.8, 4) is 11.5 Å². The van der Waals surface area contributed by atoms with E-state index in [2.05, 4.69) is 15.3 Å². The molecule has 2 heterocycles. The first-order chi connectivity index (χ1) is 13.4. The lowest BCUT2D eigenvalue weighted by Crippen LogP contribution is -2.51. The number of hydrogen-bond acceptors (Lipinski definition) is 6. The predicted molar refractivity (Wildman–Crippen MR) is 108 cm³/mol. The van der Waals surface area contributed by atoms with Gasteiger partial charge in [-0.25, -0.2) is 14.9 Å². The van der Waals surface area contributed by atoms with Crippen molar-refractivity contribution >= 4 is 46.0 Å². The second-order valence-electron chi connectivity index (χ2n) is 6.08. The summed E-state index contributed by atoms with van der Waals surface area (Å²) in [6.45, 7) is 0. The molecule has 1 atom stereocenters. The monoisotopic (exact) mass is 420 g/mol. The molecule has 1 aliphatic rings. The number of nitrogens with two attached hydrogens (primary N) is 1. The minimum Gasteiger partial charge on any atom is -0.493 e. The van der Waals surface area contributed by atoms with Crippen LogP contribution < -0.4 is 30.7 Å². The Hall–Kier alpha value is -2.97. The van der Waals surface area contributed by atoms with E-state index < -0.39 is 6.17 Å². The molecule has 0 spiro atoms. The highest BCUT2D eigenvalue weighted by Gasteiger charge is 2.32. The first-order valence-corrected chi connectivity index (χ1v) is 8.97. The molecule has 0 saturated carbocycles. The van der Waals surface area contributed by atoms with Crippen LogP contribution in [0.1, 0.15) is 11.7 Å². The number of rotatable bonds is 3. The van der Waals surface area contributed by atoms with Crippen LogP contribution in [0.4, 0.5) is 5.95 Å². The molecule has 0 aliphatic carbocycles. The molecule has 0 bridgehead atoms. The largest absolute Gasteiger partial charge is 0.493 e. The van der Waals surface area contributed by atoms with Crippen molar-refractivity contribution in [2.24, 2.45) is 10.7 Å². The fourth-order valence-corrected chi connectivity index (χ4v) is 3.72. The van der Waals surface area contributed by atoms with Crippen molar-refractivity contribution < 1.29 is 14.0 Å². The number of nitrogens with one attached hydrogen (secondary N) is 2. The second kappa shape index (κ2) is 6.88. The van der Waals surface area contributed by atoms with Gasteiger partial charge in [0.1, 0.15) is 5.52 Å². The Bertz CT molecular complexity index is 1190. The van der Waals surface area contributed by atoms with Crippen LogP contribution in [0.2, 0.25) is 10.0 Å². The number of fused-ring (bicyclic) bond motifs is 3. The normalized spacial score (nSPS) is 15.6. The highest BCUT2D eigenvalue weighted by molar-refractivity contribution is 6.35. The molecule has 0 unspecified atom stereocenters. The predicted octanol–water partition coefficient (Wildman–Crippen LogP) is 2.43. The van der Waals surface area contributed by atoms with Crippen LogP contribution in [0, 0.1) is 0 Å². The van der Waals surface area contributed by atoms with Gasteiger partial charge in [0.15, 0.2) is 11.5 Å². The smallest absolute Gasteiger partial charge is 0.367 e. The maximum absolute atomic E-state index is 12.7. The maximum Gasteiger partial charge on any atom is 0.367 e. The van der Waals surface area contributed by atoms with Crippen LogP contribution in [0.5, 0.6) is 11.5 Å². The summed E-state index contributed by atoms with van der Waals surface area (Å²) >= 11 is 12.5. The van der Waals surface area contributed by atoms with E-state index in [0.29, 0.717) is 44.0 Å². The van der Waals surface area contributed by atoms with Gasteiger partial charge < -0.3 is 15.2 Å². The Balaban J connectivity index is 2.07. The number of benzene rings is 2. The molecular weight excluding hydrogens is 405 g/mol. The zero-order valence-electron chi connectivity index (χ0n) is 14.9. The average Bonchev–Trinajstić information content (AvgIpc) is 2.66. The maximum atomic E-state index is 12.7. The van der Waals surface area contributed by atoms with Gasteiger partial charge in [-0.05, 0) is 12.1 Å². The van der Waals surface area contributed by atoms with Crippen LogP contribution in [0.25, 0.3) is 10.9 Å². The van der Waals surface area contributed by atoms with E-state index in [4.69, 9.17) is 38.4 Å². The Morgan fingerprint density at radius 3 is 2.54 bits per heavy atom. The first kappa shape index (κ1) is 18.4. The molecule has 4 N–H and O–H groups in total. The van der Waals surface area contributed by atoms with Gasteiger partial charge in [0.2, 0.25) is 6.17 Å². The lowest BCUT2D eigenvalue weighted by molar-refractivity contribution is -0.677. The molecule has 3 aromatic rings. The summed E-state index contributed by atoms with van der Waals surface area (Å²) in [6, 6.07) is 8.44. The van der Waals surface area contributed by atoms with Gasteiger partial charge in [0.25, 0.3) is 5.96 Å². The van der Waals surface area contributed by atoms with Crippen LogP contribution in [-0.2, 0) is 0 Å². The number of ether oxygens (including phenoxy) is 2. The third-order valence-electron chi connectivity index (χ3n) is 4.47. The van der Waals surface area contributed by atoms with Crippen LogP contribution in [0.3, 0.4) is 0 Å². The van der Waals surface area contributed by atoms with E-state index >= 15 is 0 Å². The lowest BCUT2D eigenvalue weighted by Gasteiger charge is -2.22. The molecule has 144 valence electrons. The Kier molecular flexibility index (Phi) is 4.52. The number of hydrogen-bond donors (Lipinski definition) is 3. The number of guanidine groups is 1. The van der Waals surface area contributed by atoms with E-state index in [0.717, 1.165) is 0 Å². The zero-order chi connectivity index (χ0) is 20.0. The van der Waals surface area contributed by atoms with Crippen molar-refractivity contribution in [1.82, 2.24) is 4.98 Å². The lowest BCUT2D eigenvalue weighted by atomic mass is 10.1. The third-order valence-corrected chi connectivity index (χ3v) is 5.03. The van der Waals surface area contributed by atoms with E-state index in [-0.39, 0.29) is 11.5 Å². The van der Waals surface area contributed by atoms with Crippen molar-refractivity contribution in [3.63, 3.8) is 0 Å². The SMILES string of the molecule is COc1cc2c(=O)[nH]c3[n+](c2cc1OC)[C@@H](c1ccc(Cl)cc1Cl)N=C(N)N3. The topological polar surface area (TPSA) is 106 Å². The fourth-order valence-electron chi connectivity index (χ4n) is 3.21. The summed E-state index contributed by atoms with van der Waals surface area (Å²) in [5, 5.41) is 4.21. The Labute approximate surface area is 169 Å². The number of aliphatic imine (C=N–C) groups is 1. The summed E-state index contributed by atoms with van der Waals surface area (Å²) in [7, 11) is 3.03. The minimum atomic E-state index is -0.626. The number of methoxy groups -OCH3 is 2. The summed E-state index contributed by atoms with van der Waals surface area (Å²) in [4.78, 5) is 19.9. The molecule has 0 radical (unpaired) electrons. The van der Waals surface area contributed by atoms with Crippen molar-refractivity contribution in [1.29, 1.82) is 0 Å². The summed E-state index contributed by atoms with van der Waals surface area (Å²) < 4.78 is 12.5. The van der Waals surface area contributed by atoms with Crippen molar-refractivity contribution in [2.75, 3.05) is 19.5 Å². The second-order valence-corrected chi connectivity index (χ2v) is 6.92. The van der Waals surface area contributed by atoms with Gasteiger partial charge >= 0.3 is 11.5 Å². The van der Waals surface area contributed by atoms with E-state index in [1.807, 2.05) is 0 Å². The highest BCUT2D eigenvalue weighted by Crippen LogP contribution is 2.33. The van der Waals surface area contributed by atoms with Crippen molar-refractivity contribution in [3.05, 3.63) is 56.3 Å². The van der Waals surface area contributed by atoms with Gasteiger partial charge in [-0.3, -0.25) is 4.79 Å². The molecule has 10 heteroatoms. The van der Waals surface area contributed by atoms with Gasteiger partial charge in [-0.15, -0.1) is 0 Å². The first-order valence-electron chi connectivity index (χ1n) is 8.21. The summed E-state index contributed by atoms with van der Waals surface area (Å²) in [6.07, 6.45) is -0.626. The van der Waals surface area contributed by atoms with E-state index in [9.17, 15) is 4.79 Å². The highest BCUT2D eigenvalue weighted by atomic mass is 35.5. The molecule has 8 nitrogen and oxygen atoms in total. The number of nitrogens with zero attached hydrogens (tertiary/aromatic N) is 2. The standard InChI is InChI=1S/C18H15Cl2N5O3/c1-27-13-6-10-12(7-14(13)28-2)25-15(9-4-3-8(19)5-11(9)20)22-17(21)24-18(25)23-16(10)26/h3-7,15H,1-2H3,(H3,21,22,23,24,26)/p+1/t15-/m0/s1. The Morgan fingerprint density at radius 2 is 1.86 bits per heavy atom. The fraction of sp³-hybridized carbons (Fsp3) is 0.167. The molecule has 0 fully saturated rings. The van der Waals surface area contributed by atoms with E-state index in [1.54, 1.807) is 34.9 Å². The average molecular weight is 421 g/mol. The van der Waals surface area contributed by atoms with Gasteiger partial charge in [-0.1, -0.05) is 29.3 Å². The quantitative estimate of drug-likeness (QED) is 0.564. The van der Waals surface area contributed by atoms with Gasteiger partial charge in [-0.2, -0.15) is 4.99 Å². The van der Waals surface area contributed by atoms with Crippen LogP contribution in [0.15, 0.2) is 40.1 Å². The van der Waals surface area contributed by atoms with Gasteiger partial charge in [0.05, 0.1) is 24.6 Å². The molecule has 0 amide bonds. The molecular formula is C18H16Cl2N5O3+. The number of aromatic amines is 1. The Morgan fingerprint density at radius 1 is 1.14 bits per heavy atom. The minimum absolute atomic E-state index is 0.145. The molecule has 28 heavy (non-hydrogen) atoms. The molecule has 1 aromatic heterocycles. The summed E-state index contributed by atoms with van der Waals surface area (Å²) in [5.74, 6) is 1.42. The van der Waals surface area contributed by atoms with E-state index in [1.165, 1.54) is 14.2 Å². The number of anilines is 1. The summed E-state index contributed by atoms with van der Waals surface area (Å²) in [5.41, 5.74) is 6.87. The molecule has 2 aromatic carbocycles. The number of H-pyrrole nitrogens is 1. The van der Waals surface area contributed by atoms with Crippen LogP contribution >= 0.6 is 23.2 Å². The third kappa shape index (κ3) is 2.90. The van der Waals surface area contributed by atoms with Crippen LogP contribution in [-0.4, -0.2) is 25.2 Å². The zero-order valence-corrected chi connectivity index (χ0v) is 16.4. The number of halogens is 2. The van der Waals surface area contributed by atoms with Crippen molar-refractivity contribution in [2.45, 2.75) is 6.17 Å². The molecule has 1 aliphatic heterocycles. The molecule has 0 saturated heterocycles.